The molecule has 0 aromatic rings. The Morgan fingerprint density at radius 1 is 1.53 bits per heavy atom. The second-order valence-electron chi connectivity index (χ2n) is 5.39. The van der Waals surface area contributed by atoms with Crippen molar-refractivity contribution in [1.82, 2.24) is 0 Å². The lowest BCUT2D eigenvalue weighted by Gasteiger charge is -2.29. The van der Waals surface area contributed by atoms with Crippen LogP contribution in [0.4, 0.5) is 0 Å². The first-order valence-electron chi connectivity index (χ1n) is 6.29. The van der Waals surface area contributed by atoms with Gasteiger partial charge in [0.25, 0.3) is 0 Å². The van der Waals surface area contributed by atoms with Crippen molar-refractivity contribution in [1.29, 1.82) is 0 Å². The van der Waals surface area contributed by atoms with Gasteiger partial charge in [0.05, 0.1) is 19.3 Å². The Hall–Kier alpha value is -0.640. The van der Waals surface area contributed by atoms with E-state index in [0.29, 0.717) is 12.5 Å². The van der Waals surface area contributed by atoms with E-state index in [1.54, 1.807) is 0 Å². The van der Waals surface area contributed by atoms with Gasteiger partial charge in [0.15, 0.2) is 5.79 Å². The minimum Gasteiger partial charge on any atom is -0.392 e. The van der Waals surface area contributed by atoms with E-state index in [2.05, 4.69) is 13.0 Å². The zero-order valence-corrected chi connectivity index (χ0v) is 10.9. The van der Waals surface area contributed by atoms with Crippen molar-refractivity contribution in [3.8, 4) is 0 Å². The van der Waals surface area contributed by atoms with Crippen LogP contribution >= 0.6 is 0 Å². The van der Waals surface area contributed by atoms with Gasteiger partial charge in [-0.05, 0) is 33.6 Å². The SMILES string of the molecule is CC1=CC/C(=C\CO)[C@H]([C@H]2COC(C)(C)O2)C1. The van der Waals surface area contributed by atoms with Crippen molar-refractivity contribution in [3.63, 3.8) is 0 Å². The Morgan fingerprint density at radius 2 is 2.29 bits per heavy atom. The van der Waals surface area contributed by atoms with E-state index in [1.807, 2.05) is 19.9 Å². The van der Waals surface area contributed by atoms with Gasteiger partial charge in [-0.15, -0.1) is 0 Å². The molecule has 3 nitrogen and oxygen atoms in total. The van der Waals surface area contributed by atoms with Crippen LogP contribution in [-0.2, 0) is 9.47 Å². The third kappa shape index (κ3) is 2.97. The second kappa shape index (κ2) is 4.92. The first-order valence-corrected chi connectivity index (χ1v) is 6.29. The molecule has 0 spiro atoms. The van der Waals surface area contributed by atoms with Gasteiger partial charge in [0.2, 0.25) is 0 Å². The zero-order chi connectivity index (χ0) is 12.5. The molecular weight excluding hydrogens is 216 g/mol. The van der Waals surface area contributed by atoms with Gasteiger partial charge >= 0.3 is 0 Å². The van der Waals surface area contributed by atoms with Crippen LogP contribution < -0.4 is 0 Å². The predicted octanol–water partition coefficient (Wildman–Crippen LogP) is 2.41. The monoisotopic (exact) mass is 238 g/mol. The lowest BCUT2D eigenvalue weighted by molar-refractivity contribution is -0.142. The molecule has 0 aromatic carbocycles. The number of aliphatic hydroxyl groups excluding tert-OH is 1. The van der Waals surface area contributed by atoms with Crippen molar-refractivity contribution < 1.29 is 14.6 Å². The molecule has 0 saturated carbocycles. The zero-order valence-electron chi connectivity index (χ0n) is 10.9. The molecule has 1 aliphatic carbocycles. The van der Waals surface area contributed by atoms with Crippen LogP contribution in [0.1, 0.15) is 33.6 Å². The largest absolute Gasteiger partial charge is 0.392 e. The summed E-state index contributed by atoms with van der Waals surface area (Å²) in [6, 6.07) is 0. The van der Waals surface area contributed by atoms with Gasteiger partial charge in [-0.2, -0.15) is 0 Å². The van der Waals surface area contributed by atoms with Crippen LogP contribution in [0.5, 0.6) is 0 Å². The maximum atomic E-state index is 9.08. The highest BCUT2D eigenvalue weighted by Crippen LogP contribution is 2.37. The fourth-order valence-corrected chi connectivity index (χ4v) is 2.64. The molecule has 1 N–H and O–H groups in total. The smallest absolute Gasteiger partial charge is 0.163 e. The minimum absolute atomic E-state index is 0.107. The van der Waals surface area contributed by atoms with Crippen molar-refractivity contribution in [3.05, 3.63) is 23.3 Å². The van der Waals surface area contributed by atoms with Gasteiger partial charge in [0.1, 0.15) is 0 Å². The molecule has 96 valence electrons. The Kier molecular flexibility index (Phi) is 3.71. The van der Waals surface area contributed by atoms with Crippen LogP contribution in [0.25, 0.3) is 0 Å². The molecule has 2 aliphatic rings. The first-order chi connectivity index (χ1) is 8.02. The van der Waals surface area contributed by atoms with Crippen LogP contribution in [0.15, 0.2) is 23.3 Å². The molecule has 2 atom stereocenters. The summed E-state index contributed by atoms with van der Waals surface area (Å²) in [6.45, 7) is 6.81. The minimum atomic E-state index is -0.468. The Balaban J connectivity index is 2.12. The summed E-state index contributed by atoms with van der Waals surface area (Å²) in [5.41, 5.74) is 2.68. The van der Waals surface area contributed by atoms with Gasteiger partial charge in [-0.1, -0.05) is 23.3 Å². The van der Waals surface area contributed by atoms with E-state index in [-0.39, 0.29) is 12.7 Å². The van der Waals surface area contributed by atoms with Gasteiger partial charge in [-0.3, -0.25) is 0 Å². The lowest BCUT2D eigenvalue weighted by Crippen LogP contribution is -2.29. The Bertz CT molecular complexity index is 341. The van der Waals surface area contributed by atoms with Gasteiger partial charge in [0, 0.05) is 5.92 Å². The van der Waals surface area contributed by atoms with E-state index >= 15 is 0 Å². The highest BCUT2D eigenvalue weighted by atomic mass is 16.7. The van der Waals surface area contributed by atoms with Crippen LogP contribution in [-0.4, -0.2) is 30.2 Å². The van der Waals surface area contributed by atoms with E-state index in [0.717, 1.165) is 12.8 Å². The van der Waals surface area contributed by atoms with Crippen molar-refractivity contribution in [2.75, 3.05) is 13.2 Å². The summed E-state index contributed by atoms with van der Waals surface area (Å²) in [5.74, 6) is -0.113. The maximum absolute atomic E-state index is 9.08. The molecule has 1 saturated heterocycles. The summed E-state index contributed by atoms with van der Waals surface area (Å²) in [5, 5.41) is 9.08. The Morgan fingerprint density at radius 3 is 2.88 bits per heavy atom. The third-order valence-electron chi connectivity index (χ3n) is 3.54. The molecular formula is C14H22O3. The molecule has 0 amide bonds. The van der Waals surface area contributed by atoms with Crippen LogP contribution in [0.3, 0.4) is 0 Å². The van der Waals surface area contributed by atoms with Crippen molar-refractivity contribution in [2.45, 2.75) is 45.5 Å². The average molecular weight is 238 g/mol. The van der Waals surface area contributed by atoms with Gasteiger partial charge < -0.3 is 14.6 Å². The number of ether oxygens (including phenoxy) is 2. The van der Waals surface area contributed by atoms with Crippen molar-refractivity contribution >= 4 is 0 Å². The van der Waals surface area contributed by atoms with Crippen molar-refractivity contribution in [2.24, 2.45) is 5.92 Å². The summed E-state index contributed by atoms with van der Waals surface area (Å²) in [4.78, 5) is 0. The number of rotatable bonds is 2. The number of aliphatic hydroxyl groups is 1. The number of allylic oxidation sites excluding steroid dienone is 2. The molecule has 2 rings (SSSR count). The molecule has 1 fully saturated rings. The molecule has 0 radical (unpaired) electrons. The normalized spacial score (nSPS) is 35.1. The number of hydrogen-bond acceptors (Lipinski definition) is 3. The standard InChI is InChI=1S/C14H22O3/c1-10-4-5-11(6-7-15)12(8-10)13-9-16-14(2,3)17-13/h4,6,12-13,15H,5,7-9H2,1-3H3/b11-6+/t12-,13-/m1/s1. The van der Waals surface area contributed by atoms with Gasteiger partial charge in [-0.25, -0.2) is 0 Å². The highest BCUT2D eigenvalue weighted by molar-refractivity contribution is 5.23. The Labute approximate surface area is 103 Å². The van der Waals surface area contributed by atoms with E-state index < -0.39 is 5.79 Å². The van der Waals surface area contributed by atoms with E-state index in [9.17, 15) is 0 Å². The molecule has 0 bridgehead atoms. The average Bonchev–Trinajstić information content (AvgIpc) is 2.62. The molecule has 1 aliphatic heterocycles. The summed E-state index contributed by atoms with van der Waals surface area (Å²) in [6.07, 6.45) is 6.21. The van der Waals surface area contributed by atoms with Crippen LogP contribution in [0, 0.1) is 5.92 Å². The maximum Gasteiger partial charge on any atom is 0.163 e. The molecule has 3 heteroatoms. The summed E-state index contributed by atoms with van der Waals surface area (Å²) < 4.78 is 11.6. The molecule has 0 unspecified atom stereocenters. The topological polar surface area (TPSA) is 38.7 Å². The fourth-order valence-electron chi connectivity index (χ4n) is 2.64. The molecule has 0 aromatic heterocycles. The highest BCUT2D eigenvalue weighted by Gasteiger charge is 2.39. The number of hydrogen-bond donors (Lipinski definition) is 1. The summed E-state index contributed by atoms with van der Waals surface area (Å²) in [7, 11) is 0. The fraction of sp³-hybridized carbons (Fsp3) is 0.714. The van der Waals surface area contributed by atoms with E-state index in [1.165, 1.54) is 11.1 Å². The second-order valence-corrected chi connectivity index (χ2v) is 5.39. The lowest BCUT2D eigenvalue weighted by atomic mass is 9.81. The molecule has 1 heterocycles. The molecule has 17 heavy (non-hydrogen) atoms. The third-order valence-corrected chi connectivity index (χ3v) is 3.54. The summed E-state index contributed by atoms with van der Waals surface area (Å²) >= 11 is 0. The van der Waals surface area contributed by atoms with Crippen LogP contribution in [0.2, 0.25) is 0 Å². The quantitative estimate of drug-likeness (QED) is 0.751. The predicted molar refractivity (Wildman–Crippen MR) is 66.6 cm³/mol. The first kappa shape index (κ1) is 12.8. The van der Waals surface area contributed by atoms with E-state index in [4.69, 9.17) is 14.6 Å².